The van der Waals surface area contributed by atoms with E-state index in [9.17, 15) is 0 Å². The summed E-state index contributed by atoms with van der Waals surface area (Å²) in [4.78, 5) is 0. The summed E-state index contributed by atoms with van der Waals surface area (Å²) in [5.41, 5.74) is 5.18. The topological polar surface area (TPSA) is 40.7 Å². The number of aromatic nitrogens is 2. The molecule has 1 aliphatic carbocycles. The van der Waals surface area contributed by atoms with Gasteiger partial charge in [0, 0.05) is 23.8 Å². The molecule has 0 saturated heterocycles. The van der Waals surface area contributed by atoms with Crippen molar-refractivity contribution in [1.29, 1.82) is 0 Å². The molecular weight excluding hydrogens is 210 g/mol. The zero-order valence-electron chi connectivity index (χ0n) is 11.1. The first-order chi connectivity index (χ1) is 8.18. The van der Waals surface area contributed by atoms with Crippen LogP contribution in [0.25, 0.3) is 0 Å². The zero-order valence-corrected chi connectivity index (χ0v) is 11.1. The smallest absolute Gasteiger partial charge is 0.0638 e. The largest absolute Gasteiger partial charge is 0.306 e. The monoisotopic (exact) mass is 233 g/mol. The van der Waals surface area contributed by atoms with Gasteiger partial charge in [-0.05, 0) is 46.5 Å². The molecule has 2 rings (SSSR count). The van der Waals surface area contributed by atoms with Crippen molar-refractivity contribution in [2.45, 2.75) is 59.0 Å². The molecule has 0 amide bonds. The fourth-order valence-electron chi connectivity index (χ4n) is 2.48. The summed E-state index contributed by atoms with van der Waals surface area (Å²) >= 11 is 0. The molecule has 0 bridgehead atoms. The number of allylic oxidation sites excluding steroid dienone is 1. The molecule has 1 atom stereocenters. The number of hydrogen-bond donors (Lipinski definition) is 2. The average Bonchev–Trinajstić information content (AvgIpc) is 2.67. The number of rotatable bonds is 4. The average molecular weight is 233 g/mol. The molecule has 0 aromatic carbocycles. The highest BCUT2D eigenvalue weighted by Crippen LogP contribution is 2.20. The lowest BCUT2D eigenvalue weighted by molar-refractivity contribution is 0.558. The van der Waals surface area contributed by atoms with Gasteiger partial charge in [0.1, 0.15) is 0 Å². The quantitative estimate of drug-likeness (QED) is 0.785. The van der Waals surface area contributed by atoms with Gasteiger partial charge in [0.05, 0.1) is 5.69 Å². The third-order valence-electron chi connectivity index (χ3n) is 3.75. The van der Waals surface area contributed by atoms with Crippen molar-refractivity contribution in [3.05, 3.63) is 28.6 Å². The van der Waals surface area contributed by atoms with Crippen LogP contribution in [0.1, 0.15) is 49.6 Å². The Morgan fingerprint density at radius 3 is 2.82 bits per heavy atom. The maximum Gasteiger partial charge on any atom is 0.0638 e. The maximum atomic E-state index is 4.23. The fourth-order valence-corrected chi connectivity index (χ4v) is 2.48. The minimum atomic E-state index is 0.490. The summed E-state index contributed by atoms with van der Waals surface area (Å²) in [7, 11) is 0. The molecule has 2 N–H and O–H groups in total. The molecule has 17 heavy (non-hydrogen) atoms. The second-order valence-electron chi connectivity index (χ2n) is 5.04. The molecule has 0 spiro atoms. The van der Waals surface area contributed by atoms with E-state index in [4.69, 9.17) is 0 Å². The summed E-state index contributed by atoms with van der Waals surface area (Å²) < 4.78 is 0. The van der Waals surface area contributed by atoms with E-state index in [1.165, 1.54) is 36.9 Å². The lowest BCUT2D eigenvalue weighted by Gasteiger charge is -2.21. The first-order valence-corrected chi connectivity index (χ1v) is 6.61. The van der Waals surface area contributed by atoms with Gasteiger partial charge in [-0.25, -0.2) is 0 Å². The van der Waals surface area contributed by atoms with Crippen LogP contribution in [0.3, 0.4) is 0 Å². The van der Waals surface area contributed by atoms with Crippen molar-refractivity contribution in [1.82, 2.24) is 15.5 Å². The van der Waals surface area contributed by atoms with Crippen LogP contribution < -0.4 is 5.32 Å². The van der Waals surface area contributed by atoms with Crippen LogP contribution in [-0.2, 0) is 6.54 Å². The van der Waals surface area contributed by atoms with Crippen molar-refractivity contribution in [3.8, 4) is 0 Å². The highest BCUT2D eigenvalue weighted by atomic mass is 15.1. The Morgan fingerprint density at radius 2 is 2.24 bits per heavy atom. The first kappa shape index (κ1) is 12.4. The standard InChI is InChI=1S/C14H23N3/c1-10(13-7-5-4-6-8-13)15-9-14-11(2)16-17-12(14)3/h7,10,15H,4-6,8-9H2,1-3H3,(H,16,17). The Bertz CT molecular complexity index is 384. The Kier molecular flexibility index (Phi) is 4.00. The van der Waals surface area contributed by atoms with E-state index >= 15 is 0 Å². The highest BCUT2D eigenvalue weighted by molar-refractivity contribution is 5.23. The van der Waals surface area contributed by atoms with Crippen molar-refractivity contribution in [2.75, 3.05) is 0 Å². The predicted octanol–water partition coefficient (Wildman–Crippen LogP) is 3.01. The lowest BCUT2D eigenvalue weighted by atomic mass is 9.94. The van der Waals surface area contributed by atoms with Crippen molar-refractivity contribution < 1.29 is 0 Å². The van der Waals surface area contributed by atoms with Crippen molar-refractivity contribution in [2.24, 2.45) is 0 Å². The minimum absolute atomic E-state index is 0.490. The zero-order chi connectivity index (χ0) is 12.3. The summed E-state index contributed by atoms with van der Waals surface area (Å²) in [6.07, 6.45) is 7.64. The number of hydrogen-bond acceptors (Lipinski definition) is 2. The van der Waals surface area contributed by atoms with E-state index in [2.05, 4.69) is 42.4 Å². The summed E-state index contributed by atoms with van der Waals surface area (Å²) in [5.74, 6) is 0. The maximum absolute atomic E-state index is 4.23. The Labute approximate surface area is 104 Å². The molecule has 1 aromatic heterocycles. The van der Waals surface area contributed by atoms with Gasteiger partial charge in [-0.1, -0.05) is 11.6 Å². The van der Waals surface area contributed by atoms with E-state index in [1.807, 2.05) is 0 Å². The minimum Gasteiger partial charge on any atom is -0.306 e. The number of H-pyrrole nitrogens is 1. The molecule has 94 valence electrons. The summed E-state index contributed by atoms with van der Waals surface area (Å²) in [5, 5.41) is 10.9. The van der Waals surface area contributed by atoms with Gasteiger partial charge in [-0.15, -0.1) is 0 Å². The van der Waals surface area contributed by atoms with Gasteiger partial charge >= 0.3 is 0 Å². The normalized spacial score (nSPS) is 17.9. The van der Waals surface area contributed by atoms with Crippen LogP contribution in [0.4, 0.5) is 0 Å². The molecule has 1 aromatic rings. The SMILES string of the molecule is Cc1n[nH]c(C)c1CNC(C)C1=CCCCC1. The Balaban J connectivity index is 1.91. The van der Waals surface area contributed by atoms with Gasteiger partial charge in [-0.2, -0.15) is 5.10 Å². The lowest BCUT2D eigenvalue weighted by Crippen LogP contribution is -2.28. The second kappa shape index (κ2) is 5.50. The fraction of sp³-hybridized carbons (Fsp3) is 0.643. The van der Waals surface area contributed by atoms with Gasteiger partial charge in [0.2, 0.25) is 0 Å². The highest BCUT2D eigenvalue weighted by Gasteiger charge is 2.12. The molecule has 0 saturated carbocycles. The molecule has 1 unspecified atom stereocenters. The van der Waals surface area contributed by atoms with Crippen LogP contribution in [-0.4, -0.2) is 16.2 Å². The predicted molar refractivity (Wildman–Crippen MR) is 70.9 cm³/mol. The number of nitrogens with zero attached hydrogens (tertiary/aromatic N) is 1. The molecule has 1 aliphatic rings. The molecule has 0 radical (unpaired) electrons. The van der Waals surface area contributed by atoms with Crippen LogP contribution in [0.2, 0.25) is 0 Å². The van der Waals surface area contributed by atoms with E-state index in [-0.39, 0.29) is 0 Å². The van der Waals surface area contributed by atoms with Crippen LogP contribution in [0, 0.1) is 13.8 Å². The molecule has 0 aliphatic heterocycles. The van der Waals surface area contributed by atoms with Gasteiger partial charge in [0.15, 0.2) is 0 Å². The van der Waals surface area contributed by atoms with E-state index in [1.54, 1.807) is 5.57 Å². The Hall–Kier alpha value is -1.09. The van der Waals surface area contributed by atoms with Crippen LogP contribution in [0.5, 0.6) is 0 Å². The van der Waals surface area contributed by atoms with Gasteiger partial charge < -0.3 is 5.32 Å². The van der Waals surface area contributed by atoms with Crippen molar-refractivity contribution >= 4 is 0 Å². The van der Waals surface area contributed by atoms with E-state index < -0.39 is 0 Å². The number of aromatic amines is 1. The Morgan fingerprint density at radius 1 is 1.41 bits per heavy atom. The molecule has 1 heterocycles. The van der Waals surface area contributed by atoms with Gasteiger partial charge in [0.25, 0.3) is 0 Å². The molecule has 3 nitrogen and oxygen atoms in total. The molecule has 3 heteroatoms. The molecular formula is C14H23N3. The van der Waals surface area contributed by atoms with E-state index in [0.717, 1.165) is 12.2 Å². The summed E-state index contributed by atoms with van der Waals surface area (Å²) in [6, 6.07) is 0.490. The van der Waals surface area contributed by atoms with Gasteiger partial charge in [-0.3, -0.25) is 5.10 Å². The third kappa shape index (κ3) is 2.97. The van der Waals surface area contributed by atoms with Crippen LogP contribution in [0.15, 0.2) is 11.6 Å². The molecule has 0 fully saturated rings. The second-order valence-corrected chi connectivity index (χ2v) is 5.04. The van der Waals surface area contributed by atoms with E-state index in [0.29, 0.717) is 6.04 Å². The van der Waals surface area contributed by atoms with Crippen molar-refractivity contribution in [3.63, 3.8) is 0 Å². The third-order valence-corrected chi connectivity index (χ3v) is 3.75. The summed E-state index contributed by atoms with van der Waals surface area (Å²) in [6.45, 7) is 7.32. The number of nitrogens with one attached hydrogen (secondary N) is 2. The number of aryl methyl sites for hydroxylation is 2. The van der Waals surface area contributed by atoms with Crippen LogP contribution >= 0.6 is 0 Å². The first-order valence-electron chi connectivity index (χ1n) is 6.61.